The molecule has 0 aromatic rings. The summed E-state index contributed by atoms with van der Waals surface area (Å²) in [7, 11) is 0. The van der Waals surface area contributed by atoms with Crippen molar-refractivity contribution in [2.45, 2.75) is 116 Å². The van der Waals surface area contributed by atoms with Crippen LogP contribution in [0, 0.1) is 0 Å². The minimum atomic E-state index is -0.335. The molecule has 0 bridgehead atoms. The zero-order chi connectivity index (χ0) is 18.4. The topological polar surface area (TPSA) is 69.4 Å². The van der Waals surface area contributed by atoms with Gasteiger partial charge < -0.3 is 10.5 Å². The van der Waals surface area contributed by atoms with E-state index in [2.05, 4.69) is 6.92 Å². The number of hydrogen-bond donors (Lipinski definition) is 1. The number of carbonyl (C=O) groups excluding carboxylic acids is 2. The molecule has 0 radical (unpaired) electrons. The fraction of sp³-hybridized carbons (Fsp3) is 0.900. The lowest BCUT2D eigenvalue weighted by Crippen LogP contribution is -2.26. The SMILES string of the molecule is CCCCCCCCCC(=O)OC(C)(C)C.NC1CCC(=O)CC1. The number of ether oxygens (including phenoxy) is 1. The van der Waals surface area contributed by atoms with Gasteiger partial charge in [-0.1, -0.05) is 45.4 Å². The van der Waals surface area contributed by atoms with Gasteiger partial charge in [0.05, 0.1) is 0 Å². The molecule has 0 spiro atoms. The molecule has 0 saturated heterocycles. The molecule has 0 aromatic carbocycles. The second kappa shape index (κ2) is 13.4. The zero-order valence-corrected chi connectivity index (χ0v) is 16.4. The maximum atomic E-state index is 11.4. The number of esters is 1. The predicted molar refractivity (Wildman–Crippen MR) is 99.9 cm³/mol. The molecule has 142 valence electrons. The van der Waals surface area contributed by atoms with Crippen molar-refractivity contribution in [3.63, 3.8) is 0 Å². The van der Waals surface area contributed by atoms with Gasteiger partial charge in [-0.25, -0.2) is 0 Å². The first-order valence-electron chi connectivity index (χ1n) is 9.73. The summed E-state index contributed by atoms with van der Waals surface area (Å²) in [6.07, 6.45) is 12.5. The minimum Gasteiger partial charge on any atom is -0.460 e. The van der Waals surface area contributed by atoms with Crippen molar-refractivity contribution in [3.8, 4) is 0 Å². The Labute approximate surface area is 148 Å². The molecule has 4 heteroatoms. The number of hydrogen-bond acceptors (Lipinski definition) is 4. The summed E-state index contributed by atoms with van der Waals surface area (Å²) in [5, 5.41) is 0. The molecule has 0 heterocycles. The maximum absolute atomic E-state index is 11.4. The van der Waals surface area contributed by atoms with Crippen molar-refractivity contribution in [1.29, 1.82) is 0 Å². The first-order valence-corrected chi connectivity index (χ1v) is 9.73. The van der Waals surface area contributed by atoms with E-state index in [1.807, 2.05) is 20.8 Å². The molecule has 24 heavy (non-hydrogen) atoms. The van der Waals surface area contributed by atoms with Crippen LogP contribution in [0.25, 0.3) is 0 Å². The molecule has 2 N–H and O–H groups in total. The van der Waals surface area contributed by atoms with Gasteiger partial charge in [-0.05, 0) is 40.0 Å². The van der Waals surface area contributed by atoms with E-state index in [0.717, 1.165) is 25.7 Å². The van der Waals surface area contributed by atoms with E-state index in [-0.39, 0.29) is 11.6 Å². The first kappa shape index (κ1) is 23.1. The van der Waals surface area contributed by atoms with Crippen molar-refractivity contribution in [2.24, 2.45) is 5.73 Å². The van der Waals surface area contributed by atoms with Crippen molar-refractivity contribution in [1.82, 2.24) is 0 Å². The molecule has 1 fully saturated rings. The normalized spacial score (nSPS) is 15.6. The van der Waals surface area contributed by atoms with Crippen molar-refractivity contribution in [3.05, 3.63) is 0 Å². The highest BCUT2D eigenvalue weighted by molar-refractivity contribution is 5.79. The number of ketones is 1. The molecule has 0 atom stereocenters. The Morgan fingerprint density at radius 2 is 1.54 bits per heavy atom. The monoisotopic (exact) mass is 341 g/mol. The maximum Gasteiger partial charge on any atom is 0.306 e. The van der Waals surface area contributed by atoms with Crippen LogP contribution in [0.4, 0.5) is 0 Å². The number of nitrogens with two attached hydrogens (primary N) is 1. The lowest BCUT2D eigenvalue weighted by atomic mass is 9.95. The van der Waals surface area contributed by atoms with Gasteiger partial charge in [0, 0.05) is 25.3 Å². The molecule has 0 aliphatic heterocycles. The summed E-state index contributed by atoms with van der Waals surface area (Å²) in [5.41, 5.74) is 5.21. The highest BCUT2D eigenvalue weighted by Crippen LogP contribution is 2.13. The average Bonchev–Trinajstić information content (AvgIpc) is 2.48. The molecule has 0 amide bonds. The van der Waals surface area contributed by atoms with E-state index in [4.69, 9.17) is 10.5 Å². The molecule has 0 unspecified atom stereocenters. The second-order valence-electron chi connectivity index (χ2n) is 7.83. The van der Waals surface area contributed by atoms with Gasteiger partial charge in [-0.15, -0.1) is 0 Å². The van der Waals surface area contributed by atoms with Crippen molar-refractivity contribution < 1.29 is 14.3 Å². The Balaban J connectivity index is 0.000000546. The van der Waals surface area contributed by atoms with Gasteiger partial charge in [0.15, 0.2) is 0 Å². The highest BCUT2D eigenvalue weighted by Gasteiger charge is 2.15. The van der Waals surface area contributed by atoms with E-state index >= 15 is 0 Å². The van der Waals surface area contributed by atoms with Crippen LogP contribution in [0.15, 0.2) is 0 Å². The summed E-state index contributed by atoms with van der Waals surface area (Å²) >= 11 is 0. The fourth-order valence-electron chi connectivity index (χ4n) is 2.58. The van der Waals surface area contributed by atoms with Gasteiger partial charge in [0.1, 0.15) is 11.4 Å². The Kier molecular flexibility index (Phi) is 12.9. The Morgan fingerprint density at radius 3 is 2.00 bits per heavy atom. The summed E-state index contributed by atoms with van der Waals surface area (Å²) in [6, 6.07) is 0.299. The lowest BCUT2D eigenvalue weighted by molar-refractivity contribution is -0.154. The highest BCUT2D eigenvalue weighted by atomic mass is 16.6. The fourth-order valence-corrected chi connectivity index (χ4v) is 2.58. The number of rotatable bonds is 8. The molecule has 1 aliphatic carbocycles. The van der Waals surface area contributed by atoms with Gasteiger partial charge >= 0.3 is 5.97 Å². The third kappa shape index (κ3) is 16.0. The molecular weight excluding hydrogens is 302 g/mol. The zero-order valence-electron chi connectivity index (χ0n) is 16.4. The van der Waals surface area contributed by atoms with Crippen LogP contribution in [0.5, 0.6) is 0 Å². The minimum absolute atomic E-state index is 0.0546. The standard InChI is InChI=1S/C14H28O2.C6H11NO/c1-5-6-7-8-9-10-11-12-13(15)16-14(2,3)4;7-5-1-3-6(8)4-2-5/h5-12H2,1-4H3;5H,1-4,7H2. The third-order valence-corrected chi connectivity index (χ3v) is 3.99. The van der Waals surface area contributed by atoms with E-state index in [9.17, 15) is 9.59 Å². The average molecular weight is 342 g/mol. The number of carbonyl (C=O) groups is 2. The quantitative estimate of drug-likeness (QED) is 0.502. The van der Waals surface area contributed by atoms with Crippen LogP contribution in [0.3, 0.4) is 0 Å². The molecular formula is C20H39NO3. The lowest BCUT2D eigenvalue weighted by Gasteiger charge is -2.19. The van der Waals surface area contributed by atoms with Gasteiger partial charge in [-0.3, -0.25) is 9.59 Å². The molecule has 1 aliphatic rings. The van der Waals surface area contributed by atoms with Gasteiger partial charge in [0.2, 0.25) is 0 Å². The first-order chi connectivity index (χ1) is 11.2. The Morgan fingerprint density at radius 1 is 1.04 bits per heavy atom. The van der Waals surface area contributed by atoms with Crippen molar-refractivity contribution >= 4 is 11.8 Å². The molecule has 1 saturated carbocycles. The molecule has 4 nitrogen and oxygen atoms in total. The van der Waals surface area contributed by atoms with Crippen LogP contribution in [0.1, 0.15) is 105 Å². The summed E-state index contributed by atoms with van der Waals surface area (Å²) in [5.74, 6) is 0.327. The van der Waals surface area contributed by atoms with E-state index < -0.39 is 0 Å². The van der Waals surface area contributed by atoms with Crippen LogP contribution in [-0.4, -0.2) is 23.4 Å². The summed E-state index contributed by atoms with van der Waals surface area (Å²) in [6.45, 7) is 7.96. The van der Waals surface area contributed by atoms with E-state index in [1.54, 1.807) is 0 Å². The predicted octanol–water partition coefficient (Wildman–Crippen LogP) is 4.93. The smallest absolute Gasteiger partial charge is 0.306 e. The largest absolute Gasteiger partial charge is 0.460 e. The summed E-state index contributed by atoms with van der Waals surface area (Å²) in [4.78, 5) is 21.9. The molecule has 1 rings (SSSR count). The van der Waals surface area contributed by atoms with Crippen LogP contribution < -0.4 is 5.73 Å². The Hall–Kier alpha value is -0.900. The third-order valence-electron chi connectivity index (χ3n) is 3.99. The van der Waals surface area contributed by atoms with Crippen LogP contribution in [0.2, 0.25) is 0 Å². The second-order valence-corrected chi connectivity index (χ2v) is 7.83. The number of Topliss-reactive ketones (excluding diaryl/α,β-unsaturated/α-hetero) is 1. The van der Waals surface area contributed by atoms with Crippen LogP contribution >= 0.6 is 0 Å². The van der Waals surface area contributed by atoms with E-state index in [0.29, 0.717) is 31.1 Å². The van der Waals surface area contributed by atoms with Crippen LogP contribution in [-0.2, 0) is 14.3 Å². The van der Waals surface area contributed by atoms with Crippen molar-refractivity contribution in [2.75, 3.05) is 0 Å². The molecule has 0 aromatic heterocycles. The number of unbranched alkanes of at least 4 members (excludes halogenated alkanes) is 6. The van der Waals surface area contributed by atoms with Gasteiger partial charge in [0.25, 0.3) is 0 Å². The van der Waals surface area contributed by atoms with Gasteiger partial charge in [-0.2, -0.15) is 0 Å². The van der Waals surface area contributed by atoms with E-state index in [1.165, 1.54) is 32.1 Å². The summed E-state index contributed by atoms with van der Waals surface area (Å²) < 4.78 is 5.24. The Bertz CT molecular complexity index is 337.